The zero-order valence-electron chi connectivity index (χ0n) is 9.10. The van der Waals surface area contributed by atoms with E-state index >= 15 is 0 Å². The molecule has 0 bridgehead atoms. The maximum atomic E-state index is 13.5. The molecule has 0 saturated carbocycles. The van der Waals surface area contributed by atoms with Crippen LogP contribution in [0, 0.1) is 5.82 Å². The van der Waals surface area contributed by atoms with E-state index in [9.17, 15) is 4.39 Å². The highest BCUT2D eigenvalue weighted by Crippen LogP contribution is 2.28. The Bertz CT molecular complexity index is 323. The maximum Gasteiger partial charge on any atom is 0.145 e. The number of halogens is 1. The molecule has 0 aromatic carbocycles. The lowest BCUT2D eigenvalue weighted by Gasteiger charge is -2.22. The van der Waals surface area contributed by atoms with E-state index in [2.05, 4.69) is 4.98 Å². The van der Waals surface area contributed by atoms with Gasteiger partial charge >= 0.3 is 0 Å². The summed E-state index contributed by atoms with van der Waals surface area (Å²) in [6.45, 7) is 6.08. The molecule has 3 heteroatoms. The van der Waals surface area contributed by atoms with E-state index in [1.165, 1.54) is 6.07 Å². The van der Waals surface area contributed by atoms with Crippen LogP contribution in [-0.2, 0) is 5.41 Å². The number of pyridine rings is 1. The fourth-order valence-corrected chi connectivity index (χ4v) is 1.57. The van der Waals surface area contributed by atoms with Crippen molar-refractivity contribution in [1.29, 1.82) is 0 Å². The molecule has 1 nitrogen and oxygen atoms in total. The summed E-state index contributed by atoms with van der Waals surface area (Å²) in [6.07, 6.45) is 2.83. The maximum absolute atomic E-state index is 13.5. The lowest BCUT2D eigenvalue weighted by molar-refractivity contribution is 0.447. The van der Waals surface area contributed by atoms with Crippen LogP contribution in [-0.4, -0.2) is 11.2 Å². The number of hydrogen-bond donors (Lipinski definition) is 0. The highest BCUT2D eigenvalue weighted by atomic mass is 32.2. The molecule has 14 heavy (non-hydrogen) atoms. The van der Waals surface area contributed by atoms with E-state index in [1.54, 1.807) is 17.8 Å². The highest BCUT2D eigenvalue weighted by molar-refractivity contribution is 7.98. The second kappa shape index (κ2) is 4.30. The number of hydrogen-bond acceptors (Lipinski definition) is 2. The molecule has 0 atom stereocenters. The fraction of sp³-hybridized carbons (Fsp3) is 0.545. The average molecular weight is 213 g/mol. The SMILES string of the molecule is CCC(C)(C)c1nc(SC)ccc1F. The normalized spacial score (nSPS) is 11.8. The van der Waals surface area contributed by atoms with Crippen LogP contribution in [0.25, 0.3) is 0 Å². The molecule has 1 rings (SSSR count). The van der Waals surface area contributed by atoms with Gasteiger partial charge in [-0.05, 0) is 24.8 Å². The van der Waals surface area contributed by atoms with Crippen LogP contribution >= 0.6 is 11.8 Å². The smallest absolute Gasteiger partial charge is 0.145 e. The van der Waals surface area contributed by atoms with Gasteiger partial charge in [0.25, 0.3) is 0 Å². The minimum atomic E-state index is -0.199. The molecule has 0 fully saturated rings. The quantitative estimate of drug-likeness (QED) is 0.711. The first-order valence-electron chi connectivity index (χ1n) is 4.72. The zero-order chi connectivity index (χ0) is 10.8. The summed E-state index contributed by atoms with van der Waals surface area (Å²) in [4.78, 5) is 4.32. The van der Waals surface area contributed by atoms with Gasteiger partial charge in [-0.3, -0.25) is 0 Å². The summed E-state index contributed by atoms with van der Waals surface area (Å²) >= 11 is 1.54. The summed E-state index contributed by atoms with van der Waals surface area (Å²) in [7, 11) is 0. The van der Waals surface area contributed by atoms with E-state index in [4.69, 9.17) is 0 Å². The standard InChI is InChI=1S/C11H16FNS/c1-5-11(2,3)10-8(12)6-7-9(13-10)14-4/h6-7H,5H2,1-4H3. The Balaban J connectivity index is 3.18. The summed E-state index contributed by atoms with van der Waals surface area (Å²) in [5.74, 6) is -0.199. The van der Waals surface area contributed by atoms with Crippen molar-refractivity contribution in [3.05, 3.63) is 23.6 Å². The third kappa shape index (κ3) is 2.27. The van der Waals surface area contributed by atoms with Crippen molar-refractivity contribution in [2.24, 2.45) is 0 Å². The molecular weight excluding hydrogens is 197 g/mol. The summed E-state index contributed by atoms with van der Waals surface area (Å²) in [5.41, 5.74) is 0.391. The Labute approximate surface area is 89.1 Å². The van der Waals surface area contributed by atoms with Crippen LogP contribution in [0.5, 0.6) is 0 Å². The van der Waals surface area contributed by atoms with E-state index < -0.39 is 0 Å². The van der Waals surface area contributed by atoms with Crippen LogP contribution in [0.1, 0.15) is 32.9 Å². The molecule has 78 valence electrons. The minimum Gasteiger partial charge on any atom is -0.243 e. The van der Waals surface area contributed by atoms with Gasteiger partial charge < -0.3 is 0 Å². The first-order chi connectivity index (χ1) is 6.51. The van der Waals surface area contributed by atoms with Crippen molar-refractivity contribution < 1.29 is 4.39 Å². The molecule has 1 aromatic heterocycles. The number of nitrogens with zero attached hydrogens (tertiary/aromatic N) is 1. The van der Waals surface area contributed by atoms with Crippen LogP contribution in [0.15, 0.2) is 17.2 Å². The van der Waals surface area contributed by atoms with Gasteiger partial charge in [0.1, 0.15) is 5.82 Å². The van der Waals surface area contributed by atoms with Gasteiger partial charge in [0.05, 0.1) is 10.7 Å². The van der Waals surface area contributed by atoms with E-state index in [0.717, 1.165) is 11.4 Å². The molecule has 0 N–H and O–H groups in total. The zero-order valence-corrected chi connectivity index (χ0v) is 9.91. The second-order valence-electron chi connectivity index (χ2n) is 3.92. The molecule has 0 saturated heterocycles. The van der Waals surface area contributed by atoms with Gasteiger partial charge in [0.2, 0.25) is 0 Å². The van der Waals surface area contributed by atoms with Crippen molar-refractivity contribution >= 4 is 11.8 Å². The largest absolute Gasteiger partial charge is 0.243 e. The van der Waals surface area contributed by atoms with Gasteiger partial charge in [0.15, 0.2) is 0 Å². The van der Waals surface area contributed by atoms with Crippen LogP contribution in [0.2, 0.25) is 0 Å². The van der Waals surface area contributed by atoms with Gasteiger partial charge in [-0.15, -0.1) is 11.8 Å². The van der Waals surface area contributed by atoms with Crippen molar-refractivity contribution in [1.82, 2.24) is 4.98 Å². The fourth-order valence-electron chi connectivity index (χ4n) is 1.18. The van der Waals surface area contributed by atoms with Crippen LogP contribution in [0.3, 0.4) is 0 Å². The van der Waals surface area contributed by atoms with E-state index in [-0.39, 0.29) is 11.2 Å². The first-order valence-corrected chi connectivity index (χ1v) is 5.94. The Morgan fingerprint density at radius 2 is 2.07 bits per heavy atom. The van der Waals surface area contributed by atoms with Gasteiger partial charge in [-0.1, -0.05) is 20.8 Å². The van der Waals surface area contributed by atoms with Crippen LogP contribution in [0.4, 0.5) is 4.39 Å². The van der Waals surface area contributed by atoms with Crippen molar-refractivity contribution in [3.63, 3.8) is 0 Å². The Morgan fingerprint density at radius 3 is 2.57 bits per heavy atom. The molecule has 0 spiro atoms. The number of aromatic nitrogens is 1. The van der Waals surface area contributed by atoms with Gasteiger partial charge in [0, 0.05) is 5.41 Å². The second-order valence-corrected chi connectivity index (χ2v) is 4.75. The van der Waals surface area contributed by atoms with E-state index in [1.807, 2.05) is 27.0 Å². The summed E-state index contributed by atoms with van der Waals surface area (Å²) < 4.78 is 13.5. The third-order valence-corrected chi connectivity index (χ3v) is 3.20. The molecule has 0 aliphatic heterocycles. The lowest BCUT2D eigenvalue weighted by atomic mass is 9.86. The van der Waals surface area contributed by atoms with Gasteiger partial charge in [-0.2, -0.15) is 0 Å². The summed E-state index contributed by atoms with van der Waals surface area (Å²) in [6, 6.07) is 3.22. The molecule has 0 aliphatic rings. The lowest BCUT2D eigenvalue weighted by Crippen LogP contribution is -2.19. The molecule has 0 aliphatic carbocycles. The Hall–Kier alpha value is -0.570. The number of rotatable bonds is 3. The molecule has 0 radical (unpaired) electrons. The first kappa shape index (κ1) is 11.5. The van der Waals surface area contributed by atoms with Crippen molar-refractivity contribution in [2.75, 3.05) is 6.26 Å². The monoisotopic (exact) mass is 213 g/mol. The molecule has 0 unspecified atom stereocenters. The Morgan fingerprint density at radius 1 is 1.43 bits per heavy atom. The summed E-state index contributed by atoms with van der Waals surface area (Å²) in [5, 5.41) is 0.878. The van der Waals surface area contributed by atoms with Crippen molar-refractivity contribution in [2.45, 2.75) is 37.6 Å². The predicted molar refractivity (Wildman–Crippen MR) is 59.3 cm³/mol. The van der Waals surface area contributed by atoms with Crippen molar-refractivity contribution in [3.8, 4) is 0 Å². The Kier molecular flexibility index (Phi) is 3.53. The van der Waals surface area contributed by atoms with E-state index in [0.29, 0.717) is 5.69 Å². The predicted octanol–water partition coefficient (Wildman–Crippen LogP) is 3.63. The minimum absolute atomic E-state index is 0.185. The van der Waals surface area contributed by atoms with Gasteiger partial charge in [-0.25, -0.2) is 9.37 Å². The third-order valence-electron chi connectivity index (χ3n) is 2.55. The molecule has 1 aromatic rings. The molecule has 0 amide bonds. The molecule has 1 heterocycles. The topological polar surface area (TPSA) is 12.9 Å². The number of thioether (sulfide) groups is 1. The van der Waals surface area contributed by atoms with Crippen LogP contribution < -0.4 is 0 Å². The highest BCUT2D eigenvalue weighted by Gasteiger charge is 2.23. The molecular formula is C11H16FNS. The average Bonchev–Trinajstić information content (AvgIpc) is 2.18.